The van der Waals surface area contributed by atoms with E-state index in [0.29, 0.717) is 0 Å². The number of H-pyrrole nitrogens is 1. The molecule has 0 bridgehead atoms. The van der Waals surface area contributed by atoms with E-state index in [1.165, 1.54) is 23.9 Å². The summed E-state index contributed by atoms with van der Waals surface area (Å²) in [5, 5.41) is 0. The summed E-state index contributed by atoms with van der Waals surface area (Å²) in [7, 11) is -3.16. The van der Waals surface area contributed by atoms with Gasteiger partial charge in [-0.15, -0.1) is 9.05 Å². The van der Waals surface area contributed by atoms with E-state index in [4.69, 9.17) is 30.3 Å². The molecule has 1 saturated heterocycles. The third-order valence-electron chi connectivity index (χ3n) is 3.68. The Morgan fingerprint density at radius 1 is 1.46 bits per heavy atom. The molecule has 0 amide bonds. The number of rotatable bonds is 8. The van der Waals surface area contributed by atoms with Crippen molar-refractivity contribution in [3.8, 4) is 0 Å². The maximum absolute atomic E-state index is 12.0. The molecule has 2 heterocycles. The molecule has 6 atom stereocenters. The lowest BCUT2D eigenvalue weighted by atomic mass is 10.1. The molecule has 0 saturated carbocycles. The van der Waals surface area contributed by atoms with E-state index in [0.717, 1.165) is 7.11 Å². The largest absolute Gasteiger partial charge is 0.521 e. The lowest BCUT2D eigenvalue weighted by molar-refractivity contribution is -0.164. The fourth-order valence-corrected chi connectivity index (χ4v) is 3.65. The van der Waals surface area contributed by atoms with Crippen molar-refractivity contribution in [1.82, 2.24) is 9.55 Å². The minimum Gasteiger partial charge on any atom is -0.337 e. The Morgan fingerprint density at radius 2 is 2.15 bits per heavy atom. The Kier molecular flexibility index (Phi) is 7.37. The van der Waals surface area contributed by atoms with Gasteiger partial charge < -0.3 is 18.9 Å². The van der Waals surface area contributed by atoms with Gasteiger partial charge in [-0.2, -0.15) is 0 Å². The van der Waals surface area contributed by atoms with Crippen LogP contribution in [0.1, 0.15) is 13.2 Å². The van der Waals surface area contributed by atoms with E-state index in [2.05, 4.69) is 9.51 Å². The van der Waals surface area contributed by atoms with E-state index in [-0.39, 0.29) is 0 Å². The molecule has 0 radical (unpaired) electrons. The number of nitrogens with one attached hydrogen (secondary N) is 1. The van der Waals surface area contributed by atoms with Gasteiger partial charge in [0.05, 0.1) is 7.11 Å². The van der Waals surface area contributed by atoms with Crippen LogP contribution in [0.15, 0.2) is 21.9 Å². The molecule has 2 rings (SSSR count). The van der Waals surface area contributed by atoms with Crippen molar-refractivity contribution in [2.75, 3.05) is 20.6 Å². The molecule has 146 valence electrons. The molecule has 1 aromatic heterocycles. The standard InChI is InChI=1S/C12H18N2O9P2S/c1-7-9(23-24(26)19-2)11(21-6-25(17,18)20-3)22-10(7)14-5-4-8(15)13-12(14)16/h4-5,7,9-11H,6H2,1-3H3,(H-,13,15,16,17,18)/p+1/t7-,9+,10-,11+/m1/s1. The van der Waals surface area contributed by atoms with Crippen molar-refractivity contribution in [3.05, 3.63) is 33.1 Å². The van der Waals surface area contributed by atoms with Crippen LogP contribution in [0.4, 0.5) is 0 Å². The highest BCUT2D eigenvalue weighted by molar-refractivity contribution is 8.00. The molecule has 1 aromatic rings. The normalized spacial score (nSPS) is 28.7. The number of ether oxygens (including phenoxy) is 2. The van der Waals surface area contributed by atoms with Crippen LogP contribution in [-0.2, 0) is 39.4 Å². The minimum absolute atomic E-state index is 0.452. The fraction of sp³-hybridized carbons (Fsp3) is 0.667. The first-order valence-electron chi connectivity index (χ1n) is 7.32. The quantitative estimate of drug-likeness (QED) is 0.566. The average molecular weight is 429 g/mol. The Balaban J connectivity index is 2.27. The van der Waals surface area contributed by atoms with Gasteiger partial charge in [0.25, 0.3) is 5.56 Å². The highest BCUT2D eigenvalue weighted by Crippen LogP contribution is 2.45. The zero-order chi connectivity index (χ0) is 19.5. The summed E-state index contributed by atoms with van der Waals surface area (Å²) < 4.78 is 38.8. The van der Waals surface area contributed by atoms with Gasteiger partial charge in [0.1, 0.15) is 6.23 Å². The van der Waals surface area contributed by atoms with Crippen LogP contribution in [0.5, 0.6) is 0 Å². The van der Waals surface area contributed by atoms with Gasteiger partial charge in [0, 0.05) is 25.3 Å². The summed E-state index contributed by atoms with van der Waals surface area (Å²) in [6.07, 6.45) is -2.10. The predicted molar refractivity (Wildman–Crippen MR) is 93.4 cm³/mol. The minimum atomic E-state index is -3.95. The lowest BCUT2D eigenvalue weighted by Crippen LogP contribution is -2.34. The van der Waals surface area contributed by atoms with Crippen LogP contribution in [0, 0.1) is 5.92 Å². The molecule has 1 aliphatic heterocycles. The predicted octanol–water partition coefficient (Wildman–Crippen LogP) is 0.639. The maximum atomic E-state index is 12.0. The molecule has 2 unspecified atom stereocenters. The number of hydrogen-bond acceptors (Lipinski definition) is 9. The lowest BCUT2D eigenvalue weighted by Gasteiger charge is -2.17. The summed E-state index contributed by atoms with van der Waals surface area (Å²) in [6, 6.07) is 1.17. The van der Waals surface area contributed by atoms with E-state index in [1.807, 2.05) is 0 Å². The highest BCUT2D eigenvalue weighted by Gasteiger charge is 2.49. The topological polar surface area (TPSA) is 138 Å². The SMILES string of the molecule is CO[P+](=S)O[C@@H]1[C@@H](OCP(=O)(O)OC)O[C@@H](n2ccc(=O)[nH]c2=O)[C@@H]1C. The van der Waals surface area contributed by atoms with Gasteiger partial charge in [0.15, 0.2) is 18.7 Å². The third kappa shape index (κ3) is 5.13. The second kappa shape index (κ2) is 8.92. The van der Waals surface area contributed by atoms with Crippen LogP contribution >= 0.6 is 14.7 Å². The molecule has 1 fully saturated rings. The monoisotopic (exact) mass is 429 g/mol. The fourth-order valence-electron chi connectivity index (χ4n) is 2.34. The van der Waals surface area contributed by atoms with Crippen LogP contribution in [-0.4, -0.2) is 47.4 Å². The van der Waals surface area contributed by atoms with Crippen molar-refractivity contribution in [2.45, 2.75) is 25.5 Å². The van der Waals surface area contributed by atoms with Crippen molar-refractivity contribution in [2.24, 2.45) is 5.92 Å². The summed E-state index contributed by atoms with van der Waals surface area (Å²) in [5.41, 5.74) is -1.22. The van der Waals surface area contributed by atoms with Gasteiger partial charge in [0.2, 0.25) is 11.8 Å². The van der Waals surface area contributed by atoms with Crippen molar-refractivity contribution in [1.29, 1.82) is 0 Å². The van der Waals surface area contributed by atoms with Gasteiger partial charge in [-0.3, -0.25) is 18.9 Å². The molecule has 11 nitrogen and oxygen atoms in total. The van der Waals surface area contributed by atoms with Gasteiger partial charge in [-0.25, -0.2) is 4.79 Å². The molecular formula is C12H19N2O9P2S+. The van der Waals surface area contributed by atoms with E-state index in [9.17, 15) is 19.0 Å². The molecule has 26 heavy (non-hydrogen) atoms. The van der Waals surface area contributed by atoms with Gasteiger partial charge >= 0.3 is 20.4 Å². The Morgan fingerprint density at radius 3 is 2.73 bits per heavy atom. The van der Waals surface area contributed by atoms with Crippen molar-refractivity contribution < 1.29 is 32.5 Å². The molecular weight excluding hydrogens is 410 g/mol. The van der Waals surface area contributed by atoms with Crippen molar-refractivity contribution in [3.63, 3.8) is 0 Å². The molecule has 0 aromatic carbocycles. The molecule has 0 spiro atoms. The summed E-state index contributed by atoms with van der Waals surface area (Å²) >= 11 is 5.02. The number of nitrogens with zero attached hydrogens (tertiary/aromatic N) is 1. The van der Waals surface area contributed by atoms with E-state index in [1.54, 1.807) is 6.92 Å². The van der Waals surface area contributed by atoms with E-state index < -0.39 is 56.9 Å². The molecule has 1 aliphatic rings. The van der Waals surface area contributed by atoms with Crippen LogP contribution in [0.3, 0.4) is 0 Å². The second-order valence-corrected chi connectivity index (χ2v) is 9.18. The Hall–Kier alpha value is -0.810. The number of aromatic nitrogens is 2. The van der Waals surface area contributed by atoms with Gasteiger partial charge in [-0.1, -0.05) is 6.92 Å². The number of hydrogen-bond donors (Lipinski definition) is 2. The molecule has 2 N–H and O–H groups in total. The van der Waals surface area contributed by atoms with Crippen molar-refractivity contribution >= 4 is 26.6 Å². The zero-order valence-corrected chi connectivity index (χ0v) is 16.7. The summed E-state index contributed by atoms with van der Waals surface area (Å²) in [4.78, 5) is 34.9. The van der Waals surface area contributed by atoms with Gasteiger partial charge in [-0.05, 0) is 0 Å². The average Bonchev–Trinajstić information content (AvgIpc) is 2.89. The summed E-state index contributed by atoms with van der Waals surface area (Å²) in [5.74, 6) is -0.452. The highest BCUT2D eigenvalue weighted by atomic mass is 32.4. The first kappa shape index (κ1) is 21.5. The maximum Gasteiger partial charge on any atom is 0.521 e. The smallest absolute Gasteiger partial charge is 0.337 e. The van der Waals surface area contributed by atoms with Crippen LogP contribution < -0.4 is 11.2 Å². The first-order valence-corrected chi connectivity index (χ1v) is 11.3. The zero-order valence-electron chi connectivity index (χ0n) is 14.1. The summed E-state index contributed by atoms with van der Waals surface area (Å²) in [6.45, 7) is 1.72. The number of aromatic amines is 1. The van der Waals surface area contributed by atoms with E-state index >= 15 is 0 Å². The molecule has 14 heteroatoms. The van der Waals surface area contributed by atoms with Crippen LogP contribution in [0.25, 0.3) is 0 Å². The Labute approximate surface area is 154 Å². The first-order chi connectivity index (χ1) is 12.2. The third-order valence-corrected chi connectivity index (χ3v) is 6.14. The Bertz CT molecular complexity index is 812. The molecule has 0 aliphatic carbocycles. The van der Waals surface area contributed by atoms with Crippen LogP contribution in [0.2, 0.25) is 0 Å². The second-order valence-electron chi connectivity index (χ2n) is 5.36.